The van der Waals surface area contributed by atoms with E-state index >= 15 is 0 Å². The fourth-order valence-corrected chi connectivity index (χ4v) is 2.31. The largest absolute Gasteiger partial charge is 0.417 e. The van der Waals surface area contributed by atoms with Gasteiger partial charge in [0.15, 0.2) is 0 Å². The lowest BCUT2D eigenvalue weighted by molar-refractivity contribution is -0.137. The maximum absolute atomic E-state index is 12.7. The van der Waals surface area contributed by atoms with Gasteiger partial charge in [-0.2, -0.15) is 13.2 Å². The lowest BCUT2D eigenvalue weighted by atomic mass is 9.89. The smallest absolute Gasteiger partial charge is 0.356 e. The Morgan fingerprint density at radius 2 is 2.06 bits per heavy atom. The molecule has 1 aromatic carbocycles. The molecule has 0 aliphatic carbocycles. The van der Waals surface area contributed by atoms with E-state index in [9.17, 15) is 18.0 Å². The molecule has 2 nitrogen and oxygen atoms in total. The van der Waals surface area contributed by atoms with Gasteiger partial charge in [-0.3, -0.25) is 4.79 Å². The van der Waals surface area contributed by atoms with Crippen LogP contribution >= 0.6 is 11.6 Å². The number of alkyl halides is 3. The van der Waals surface area contributed by atoms with E-state index in [4.69, 9.17) is 11.6 Å². The quantitative estimate of drug-likeness (QED) is 0.838. The Bertz CT molecular complexity index is 473. The molecule has 1 aromatic rings. The lowest BCUT2D eigenvalue weighted by Gasteiger charge is -2.23. The highest BCUT2D eigenvalue weighted by molar-refractivity contribution is 6.31. The van der Waals surface area contributed by atoms with Crippen LogP contribution < -0.4 is 5.32 Å². The van der Waals surface area contributed by atoms with E-state index in [-0.39, 0.29) is 23.3 Å². The fourth-order valence-electron chi connectivity index (χ4n) is 2.08. The number of carbonyl (C=O) groups is 1. The van der Waals surface area contributed by atoms with Crippen LogP contribution in [0.25, 0.3) is 0 Å². The highest BCUT2D eigenvalue weighted by atomic mass is 35.5. The average Bonchev–Trinajstić information content (AvgIpc) is 2.28. The minimum absolute atomic E-state index is 0.130. The summed E-state index contributed by atoms with van der Waals surface area (Å²) < 4.78 is 38.1. The van der Waals surface area contributed by atoms with Crippen LogP contribution in [-0.2, 0) is 11.0 Å². The predicted molar refractivity (Wildman–Crippen MR) is 61.4 cm³/mol. The first-order valence-electron chi connectivity index (χ1n) is 5.51. The van der Waals surface area contributed by atoms with Gasteiger partial charge in [0, 0.05) is 13.0 Å². The molecule has 98 valence electrons. The molecule has 1 heterocycles. The Hall–Kier alpha value is -1.23. The zero-order chi connectivity index (χ0) is 13.3. The molecule has 1 amide bonds. The van der Waals surface area contributed by atoms with E-state index in [1.54, 1.807) is 6.07 Å². The van der Waals surface area contributed by atoms with Crippen LogP contribution in [0.1, 0.15) is 29.9 Å². The first kappa shape index (κ1) is 13.2. The average molecular weight is 278 g/mol. The van der Waals surface area contributed by atoms with Crippen molar-refractivity contribution in [2.24, 2.45) is 0 Å². The number of carbonyl (C=O) groups excluding carboxylic acids is 1. The van der Waals surface area contributed by atoms with Crippen LogP contribution in [-0.4, -0.2) is 12.5 Å². The Kier molecular flexibility index (Phi) is 3.52. The summed E-state index contributed by atoms with van der Waals surface area (Å²) in [5.74, 6) is -0.299. The molecular weight excluding hydrogens is 267 g/mol. The number of halogens is 4. The Balaban J connectivity index is 2.32. The second-order valence-corrected chi connectivity index (χ2v) is 4.68. The molecule has 0 aromatic heterocycles. The first-order chi connectivity index (χ1) is 8.38. The van der Waals surface area contributed by atoms with Gasteiger partial charge in [0.05, 0.1) is 10.6 Å². The second kappa shape index (κ2) is 4.80. The summed E-state index contributed by atoms with van der Waals surface area (Å²) in [6, 6.07) is 3.85. The molecule has 6 heteroatoms. The van der Waals surface area contributed by atoms with Crippen molar-refractivity contribution in [3.8, 4) is 0 Å². The SMILES string of the molecule is O=C1C[C@H](c2ccc(Cl)c(C(F)(F)F)c2)CCN1. The molecule has 1 saturated heterocycles. The third kappa shape index (κ3) is 2.77. The van der Waals surface area contributed by atoms with Crippen LogP contribution in [0.5, 0.6) is 0 Å². The van der Waals surface area contributed by atoms with Gasteiger partial charge in [-0.1, -0.05) is 17.7 Å². The topological polar surface area (TPSA) is 29.1 Å². The summed E-state index contributed by atoms with van der Waals surface area (Å²) in [4.78, 5) is 11.2. The van der Waals surface area contributed by atoms with Crippen molar-refractivity contribution < 1.29 is 18.0 Å². The standard InChI is InChI=1S/C12H11ClF3NO/c13-10-2-1-7(5-9(10)12(14,15)16)8-3-4-17-11(18)6-8/h1-2,5,8H,3-4,6H2,(H,17,18)/t8-/m1/s1. The van der Waals surface area contributed by atoms with Crippen molar-refractivity contribution >= 4 is 17.5 Å². The molecule has 0 saturated carbocycles. The molecule has 1 N–H and O–H groups in total. The highest BCUT2D eigenvalue weighted by Crippen LogP contribution is 2.37. The Morgan fingerprint density at radius 1 is 1.33 bits per heavy atom. The van der Waals surface area contributed by atoms with Crippen molar-refractivity contribution in [2.75, 3.05) is 6.54 Å². The normalized spacial score (nSPS) is 20.7. The van der Waals surface area contributed by atoms with Crippen molar-refractivity contribution in [1.29, 1.82) is 0 Å². The van der Waals surface area contributed by atoms with E-state index in [0.29, 0.717) is 18.5 Å². The van der Waals surface area contributed by atoms with E-state index in [1.807, 2.05) is 0 Å². The molecular formula is C12H11ClF3NO. The van der Waals surface area contributed by atoms with Crippen LogP contribution in [0.15, 0.2) is 18.2 Å². The zero-order valence-electron chi connectivity index (χ0n) is 9.35. The van der Waals surface area contributed by atoms with Crippen LogP contribution in [0, 0.1) is 0 Å². The van der Waals surface area contributed by atoms with Gasteiger partial charge in [-0.15, -0.1) is 0 Å². The molecule has 0 spiro atoms. The van der Waals surface area contributed by atoms with Gasteiger partial charge in [-0.25, -0.2) is 0 Å². The number of amides is 1. The molecule has 1 aliphatic rings. The summed E-state index contributed by atoms with van der Waals surface area (Å²) in [6.07, 6.45) is -3.60. The van der Waals surface area contributed by atoms with Gasteiger partial charge in [-0.05, 0) is 30.0 Å². The molecule has 1 aliphatic heterocycles. The van der Waals surface area contributed by atoms with Gasteiger partial charge < -0.3 is 5.32 Å². The lowest BCUT2D eigenvalue weighted by Crippen LogP contribution is -2.32. The number of piperidine rings is 1. The third-order valence-electron chi connectivity index (χ3n) is 3.01. The number of nitrogens with one attached hydrogen (secondary N) is 1. The monoisotopic (exact) mass is 277 g/mol. The molecule has 0 bridgehead atoms. The maximum Gasteiger partial charge on any atom is 0.417 e. The molecule has 0 radical (unpaired) electrons. The summed E-state index contributed by atoms with van der Waals surface area (Å²) in [5.41, 5.74) is -0.325. The minimum atomic E-state index is -4.47. The zero-order valence-corrected chi connectivity index (χ0v) is 10.1. The van der Waals surface area contributed by atoms with Crippen LogP contribution in [0.4, 0.5) is 13.2 Å². The predicted octanol–water partition coefficient (Wildman–Crippen LogP) is 3.35. The molecule has 1 fully saturated rings. The van der Waals surface area contributed by atoms with Crippen molar-refractivity contribution in [1.82, 2.24) is 5.32 Å². The summed E-state index contributed by atoms with van der Waals surface area (Å²) in [7, 11) is 0. The van der Waals surface area contributed by atoms with Crippen LogP contribution in [0.3, 0.4) is 0 Å². The molecule has 2 rings (SSSR count). The Labute approximate surface area is 107 Å². The number of benzene rings is 1. The second-order valence-electron chi connectivity index (χ2n) is 4.28. The first-order valence-corrected chi connectivity index (χ1v) is 5.89. The van der Waals surface area contributed by atoms with Crippen molar-refractivity contribution in [3.05, 3.63) is 34.3 Å². The van der Waals surface area contributed by atoms with Gasteiger partial charge in [0.25, 0.3) is 0 Å². The van der Waals surface area contributed by atoms with Gasteiger partial charge in [0.2, 0.25) is 5.91 Å². The van der Waals surface area contributed by atoms with E-state index in [1.165, 1.54) is 6.07 Å². The maximum atomic E-state index is 12.7. The van der Waals surface area contributed by atoms with E-state index < -0.39 is 11.7 Å². The summed E-state index contributed by atoms with van der Waals surface area (Å²) in [5, 5.41) is 2.34. The van der Waals surface area contributed by atoms with Crippen molar-refractivity contribution in [3.63, 3.8) is 0 Å². The van der Waals surface area contributed by atoms with Crippen LogP contribution in [0.2, 0.25) is 5.02 Å². The highest BCUT2D eigenvalue weighted by Gasteiger charge is 2.34. The number of hydrogen-bond acceptors (Lipinski definition) is 1. The molecule has 18 heavy (non-hydrogen) atoms. The summed E-state index contributed by atoms with van der Waals surface area (Å²) >= 11 is 5.55. The summed E-state index contributed by atoms with van der Waals surface area (Å²) in [6.45, 7) is 0.494. The fraction of sp³-hybridized carbons (Fsp3) is 0.417. The van der Waals surface area contributed by atoms with Gasteiger partial charge >= 0.3 is 6.18 Å². The third-order valence-corrected chi connectivity index (χ3v) is 3.34. The number of hydrogen-bond donors (Lipinski definition) is 1. The molecule has 0 unspecified atom stereocenters. The molecule has 1 atom stereocenters. The van der Waals surface area contributed by atoms with Crippen molar-refractivity contribution in [2.45, 2.75) is 24.9 Å². The minimum Gasteiger partial charge on any atom is -0.356 e. The van der Waals surface area contributed by atoms with E-state index in [2.05, 4.69) is 5.32 Å². The van der Waals surface area contributed by atoms with Gasteiger partial charge in [0.1, 0.15) is 0 Å². The number of rotatable bonds is 1. The van der Waals surface area contributed by atoms with E-state index in [0.717, 1.165) is 6.07 Å². The Morgan fingerprint density at radius 3 is 2.67 bits per heavy atom.